The predicted octanol–water partition coefficient (Wildman–Crippen LogP) is 3.95. The Morgan fingerprint density at radius 1 is 1.12 bits per heavy atom. The SMILES string of the molecule is CCC1CCC(C(O)CSCC(C)C)CC1. The van der Waals surface area contributed by atoms with Gasteiger partial charge in [0.05, 0.1) is 6.10 Å². The summed E-state index contributed by atoms with van der Waals surface area (Å²) in [5, 5.41) is 10.1. The molecule has 96 valence electrons. The summed E-state index contributed by atoms with van der Waals surface area (Å²) in [5.74, 6) is 4.39. The molecule has 1 saturated carbocycles. The molecule has 1 nitrogen and oxygen atoms in total. The highest BCUT2D eigenvalue weighted by atomic mass is 32.2. The Bertz CT molecular complexity index is 174. The Hall–Kier alpha value is 0.310. The molecule has 0 aliphatic heterocycles. The molecule has 1 aliphatic rings. The van der Waals surface area contributed by atoms with E-state index >= 15 is 0 Å². The lowest BCUT2D eigenvalue weighted by molar-refractivity contribution is 0.0916. The van der Waals surface area contributed by atoms with E-state index in [1.807, 2.05) is 11.8 Å². The highest BCUT2D eigenvalue weighted by Crippen LogP contribution is 2.33. The van der Waals surface area contributed by atoms with Crippen molar-refractivity contribution in [1.82, 2.24) is 0 Å². The number of rotatable bonds is 6. The van der Waals surface area contributed by atoms with Crippen molar-refractivity contribution in [3.8, 4) is 0 Å². The smallest absolute Gasteiger partial charge is 0.0658 e. The summed E-state index contributed by atoms with van der Waals surface area (Å²) in [6.45, 7) is 6.78. The zero-order valence-electron chi connectivity index (χ0n) is 11.1. The van der Waals surface area contributed by atoms with Gasteiger partial charge in [-0.05, 0) is 36.3 Å². The summed E-state index contributed by atoms with van der Waals surface area (Å²) in [7, 11) is 0. The van der Waals surface area contributed by atoms with E-state index in [1.165, 1.54) is 37.9 Å². The fourth-order valence-electron chi connectivity index (χ4n) is 2.54. The molecule has 0 heterocycles. The van der Waals surface area contributed by atoms with Crippen LogP contribution in [0.25, 0.3) is 0 Å². The molecule has 0 bridgehead atoms. The molecule has 0 saturated heterocycles. The lowest BCUT2D eigenvalue weighted by Crippen LogP contribution is -2.27. The first-order valence-electron chi connectivity index (χ1n) is 6.89. The van der Waals surface area contributed by atoms with Gasteiger partial charge in [0, 0.05) is 5.75 Å². The van der Waals surface area contributed by atoms with Gasteiger partial charge in [-0.2, -0.15) is 11.8 Å². The maximum absolute atomic E-state index is 10.1. The van der Waals surface area contributed by atoms with E-state index in [4.69, 9.17) is 0 Å². The van der Waals surface area contributed by atoms with E-state index in [1.54, 1.807) is 0 Å². The number of aliphatic hydroxyl groups excluding tert-OH is 1. The van der Waals surface area contributed by atoms with Crippen LogP contribution in [0.15, 0.2) is 0 Å². The second-order valence-corrected chi connectivity index (χ2v) is 6.76. The minimum absolute atomic E-state index is 0.0541. The summed E-state index contributed by atoms with van der Waals surface area (Å²) in [4.78, 5) is 0. The second kappa shape index (κ2) is 7.60. The van der Waals surface area contributed by atoms with Crippen LogP contribution in [0, 0.1) is 17.8 Å². The molecule has 1 atom stereocenters. The minimum atomic E-state index is -0.0541. The van der Waals surface area contributed by atoms with Crippen LogP contribution in [0.1, 0.15) is 52.9 Å². The third kappa shape index (κ3) is 5.09. The number of aliphatic hydroxyl groups is 1. The maximum Gasteiger partial charge on any atom is 0.0658 e. The molecule has 1 rings (SSSR count). The molecular formula is C14H28OS. The molecule has 1 N–H and O–H groups in total. The van der Waals surface area contributed by atoms with Gasteiger partial charge in [0.25, 0.3) is 0 Å². The monoisotopic (exact) mass is 244 g/mol. The quantitative estimate of drug-likeness (QED) is 0.763. The maximum atomic E-state index is 10.1. The van der Waals surface area contributed by atoms with Gasteiger partial charge in [-0.15, -0.1) is 0 Å². The summed E-state index contributed by atoms with van der Waals surface area (Å²) in [6.07, 6.45) is 6.45. The molecule has 0 amide bonds. The molecule has 1 aliphatic carbocycles. The molecule has 1 fully saturated rings. The van der Waals surface area contributed by atoms with Crippen LogP contribution < -0.4 is 0 Å². The van der Waals surface area contributed by atoms with Gasteiger partial charge in [0.2, 0.25) is 0 Å². The molecule has 0 aromatic rings. The minimum Gasteiger partial charge on any atom is -0.392 e. The molecule has 0 aromatic carbocycles. The van der Waals surface area contributed by atoms with Crippen LogP contribution in [0.3, 0.4) is 0 Å². The van der Waals surface area contributed by atoms with Crippen molar-refractivity contribution in [3.05, 3.63) is 0 Å². The molecule has 2 heteroatoms. The lowest BCUT2D eigenvalue weighted by Gasteiger charge is -2.31. The van der Waals surface area contributed by atoms with Gasteiger partial charge in [-0.3, -0.25) is 0 Å². The molecule has 16 heavy (non-hydrogen) atoms. The van der Waals surface area contributed by atoms with Gasteiger partial charge >= 0.3 is 0 Å². The van der Waals surface area contributed by atoms with Gasteiger partial charge in [0.15, 0.2) is 0 Å². The second-order valence-electron chi connectivity index (χ2n) is 5.69. The van der Waals surface area contributed by atoms with E-state index < -0.39 is 0 Å². The van der Waals surface area contributed by atoms with Crippen molar-refractivity contribution in [1.29, 1.82) is 0 Å². The van der Waals surface area contributed by atoms with E-state index in [0.29, 0.717) is 5.92 Å². The average Bonchev–Trinajstić information content (AvgIpc) is 2.28. The van der Waals surface area contributed by atoms with E-state index in [2.05, 4.69) is 20.8 Å². The fraction of sp³-hybridized carbons (Fsp3) is 1.00. The number of thioether (sulfide) groups is 1. The molecule has 0 radical (unpaired) electrons. The first-order valence-corrected chi connectivity index (χ1v) is 8.04. The first kappa shape index (κ1) is 14.4. The van der Waals surface area contributed by atoms with Crippen LogP contribution in [-0.2, 0) is 0 Å². The van der Waals surface area contributed by atoms with E-state index in [-0.39, 0.29) is 6.10 Å². The summed E-state index contributed by atoms with van der Waals surface area (Å²) >= 11 is 1.92. The summed E-state index contributed by atoms with van der Waals surface area (Å²) < 4.78 is 0. The summed E-state index contributed by atoms with van der Waals surface area (Å²) in [6, 6.07) is 0. The van der Waals surface area contributed by atoms with Gasteiger partial charge in [-0.1, -0.05) is 40.0 Å². The topological polar surface area (TPSA) is 20.2 Å². The Kier molecular flexibility index (Phi) is 6.83. The van der Waals surface area contributed by atoms with Gasteiger partial charge < -0.3 is 5.11 Å². The van der Waals surface area contributed by atoms with E-state index in [9.17, 15) is 5.11 Å². The highest BCUT2D eigenvalue weighted by Gasteiger charge is 2.25. The van der Waals surface area contributed by atoms with Gasteiger partial charge in [0.1, 0.15) is 0 Å². The zero-order chi connectivity index (χ0) is 12.0. The van der Waals surface area contributed by atoms with Crippen molar-refractivity contribution >= 4 is 11.8 Å². The molecule has 0 aromatic heterocycles. The molecule has 1 unspecified atom stereocenters. The normalized spacial score (nSPS) is 28.3. The van der Waals surface area contributed by atoms with Crippen molar-refractivity contribution in [2.75, 3.05) is 11.5 Å². The number of hydrogen-bond donors (Lipinski definition) is 1. The van der Waals surface area contributed by atoms with Crippen LogP contribution in [0.4, 0.5) is 0 Å². The standard InChI is InChI=1S/C14H28OS/c1-4-12-5-7-13(8-6-12)14(15)10-16-9-11(2)3/h11-15H,4-10H2,1-3H3. The zero-order valence-corrected chi connectivity index (χ0v) is 11.9. The Balaban J connectivity index is 2.15. The lowest BCUT2D eigenvalue weighted by atomic mass is 9.79. The van der Waals surface area contributed by atoms with Crippen molar-refractivity contribution in [2.24, 2.45) is 17.8 Å². The van der Waals surface area contributed by atoms with Crippen LogP contribution in [0.5, 0.6) is 0 Å². The van der Waals surface area contributed by atoms with Crippen LogP contribution in [-0.4, -0.2) is 22.7 Å². The summed E-state index contributed by atoms with van der Waals surface area (Å²) in [5.41, 5.74) is 0. The van der Waals surface area contributed by atoms with Crippen LogP contribution >= 0.6 is 11.8 Å². The Labute approximate surface area is 105 Å². The van der Waals surface area contributed by atoms with Crippen molar-refractivity contribution in [2.45, 2.75) is 59.0 Å². The Morgan fingerprint density at radius 2 is 1.75 bits per heavy atom. The highest BCUT2D eigenvalue weighted by molar-refractivity contribution is 7.99. The molecular weight excluding hydrogens is 216 g/mol. The third-order valence-electron chi connectivity index (χ3n) is 3.75. The predicted molar refractivity (Wildman–Crippen MR) is 73.9 cm³/mol. The van der Waals surface area contributed by atoms with E-state index in [0.717, 1.165) is 17.6 Å². The largest absolute Gasteiger partial charge is 0.392 e. The molecule has 0 spiro atoms. The van der Waals surface area contributed by atoms with Gasteiger partial charge in [-0.25, -0.2) is 0 Å². The number of hydrogen-bond acceptors (Lipinski definition) is 2. The third-order valence-corrected chi connectivity index (χ3v) is 5.23. The van der Waals surface area contributed by atoms with Crippen molar-refractivity contribution < 1.29 is 5.11 Å². The van der Waals surface area contributed by atoms with Crippen molar-refractivity contribution in [3.63, 3.8) is 0 Å². The Morgan fingerprint density at radius 3 is 2.25 bits per heavy atom. The average molecular weight is 244 g/mol. The fourth-order valence-corrected chi connectivity index (χ4v) is 3.66. The van der Waals surface area contributed by atoms with Crippen LogP contribution in [0.2, 0.25) is 0 Å². The first-order chi connectivity index (χ1) is 7.63.